The van der Waals surface area contributed by atoms with Gasteiger partial charge in [-0.05, 0) is 62.4 Å². The summed E-state index contributed by atoms with van der Waals surface area (Å²) in [6, 6.07) is 6.15. The van der Waals surface area contributed by atoms with E-state index in [1.54, 1.807) is 10.9 Å². The molecule has 0 radical (unpaired) electrons. The van der Waals surface area contributed by atoms with Crippen molar-refractivity contribution in [1.82, 2.24) is 24.7 Å². The van der Waals surface area contributed by atoms with Crippen molar-refractivity contribution in [3.05, 3.63) is 55.3 Å². The lowest BCUT2D eigenvalue weighted by Gasteiger charge is -2.08. The highest BCUT2D eigenvalue weighted by atomic mass is 35.5. The number of hydrogen-bond acceptors (Lipinski definition) is 4. The second kappa shape index (κ2) is 6.46. The molecule has 2 N–H and O–H groups in total. The van der Waals surface area contributed by atoms with Gasteiger partial charge in [-0.2, -0.15) is 14.9 Å². The Morgan fingerprint density at radius 3 is 2.50 bits per heavy atom. The van der Waals surface area contributed by atoms with Crippen molar-refractivity contribution < 1.29 is 0 Å². The normalized spacial score (nSPS) is 11.5. The van der Waals surface area contributed by atoms with E-state index in [4.69, 9.17) is 36.0 Å². The zero-order valence-electron chi connectivity index (χ0n) is 13.3. The number of nitrogens with zero attached hydrogens (tertiary/aromatic N) is 4. The monoisotopic (exact) mass is 378 g/mol. The summed E-state index contributed by atoms with van der Waals surface area (Å²) in [6.45, 7) is 5.94. The second-order valence-corrected chi connectivity index (χ2v) is 6.54. The Hall–Kier alpha value is -2.03. The van der Waals surface area contributed by atoms with Crippen molar-refractivity contribution in [2.24, 2.45) is 5.10 Å². The van der Waals surface area contributed by atoms with Gasteiger partial charge in [0.25, 0.3) is 0 Å². The molecular formula is C15H15ClN6S2. The van der Waals surface area contributed by atoms with Crippen molar-refractivity contribution in [3.8, 4) is 5.69 Å². The number of aromatic nitrogens is 5. The minimum absolute atomic E-state index is 0.381. The SMILES string of the molecule is Cc1ccc(C)c(-n2nc(C)c(/C=N\n3c(=S)[nH][nH]c3=S)c2Cl)c1. The maximum Gasteiger partial charge on any atom is 0.215 e. The Morgan fingerprint density at radius 2 is 1.83 bits per heavy atom. The van der Waals surface area contributed by atoms with Crippen LogP contribution in [0.2, 0.25) is 5.15 Å². The summed E-state index contributed by atoms with van der Waals surface area (Å²) < 4.78 is 3.90. The van der Waals surface area contributed by atoms with Crippen LogP contribution in [0.1, 0.15) is 22.4 Å². The van der Waals surface area contributed by atoms with E-state index in [0.717, 1.165) is 28.1 Å². The van der Waals surface area contributed by atoms with Crippen molar-refractivity contribution in [2.45, 2.75) is 20.8 Å². The van der Waals surface area contributed by atoms with Gasteiger partial charge >= 0.3 is 0 Å². The molecule has 24 heavy (non-hydrogen) atoms. The third-order valence-corrected chi connectivity index (χ3v) is 4.52. The lowest BCUT2D eigenvalue weighted by molar-refractivity contribution is 0.848. The third kappa shape index (κ3) is 3.00. The molecule has 0 saturated carbocycles. The molecule has 2 aromatic heterocycles. The number of rotatable bonds is 3. The van der Waals surface area contributed by atoms with Gasteiger partial charge in [-0.25, -0.2) is 4.68 Å². The van der Waals surface area contributed by atoms with Crippen molar-refractivity contribution in [3.63, 3.8) is 0 Å². The molecule has 0 atom stereocenters. The van der Waals surface area contributed by atoms with Gasteiger partial charge in [0, 0.05) is 0 Å². The number of H-pyrrole nitrogens is 2. The van der Waals surface area contributed by atoms with Gasteiger partial charge in [0.1, 0.15) is 5.15 Å². The first kappa shape index (κ1) is 16.8. The molecule has 0 spiro atoms. The molecule has 1 aromatic carbocycles. The standard InChI is InChI=1S/C15H15ClN6S2/c1-8-4-5-9(2)12(6-8)21-13(16)11(10(3)20-21)7-17-22-14(23)18-19-15(22)24/h4-7H,1-3H3,(H,18,23)(H,19,24)/b17-7-. The molecule has 0 unspecified atom stereocenters. The molecule has 3 rings (SSSR count). The van der Waals surface area contributed by atoms with Crippen LogP contribution in [-0.4, -0.2) is 30.9 Å². The molecular weight excluding hydrogens is 364 g/mol. The van der Waals surface area contributed by atoms with E-state index in [-0.39, 0.29) is 0 Å². The lowest BCUT2D eigenvalue weighted by Crippen LogP contribution is -2.00. The first-order valence-electron chi connectivity index (χ1n) is 7.15. The number of aryl methyl sites for hydroxylation is 3. The molecule has 124 valence electrons. The summed E-state index contributed by atoms with van der Waals surface area (Å²) in [7, 11) is 0. The van der Waals surface area contributed by atoms with Gasteiger partial charge in [-0.3, -0.25) is 10.2 Å². The fourth-order valence-corrected chi connectivity index (χ4v) is 3.04. The molecule has 0 fully saturated rings. The van der Waals surface area contributed by atoms with Crippen LogP contribution >= 0.6 is 36.0 Å². The van der Waals surface area contributed by atoms with E-state index in [1.165, 1.54) is 4.68 Å². The highest BCUT2D eigenvalue weighted by Crippen LogP contribution is 2.24. The van der Waals surface area contributed by atoms with E-state index in [0.29, 0.717) is 14.7 Å². The average Bonchev–Trinajstić information content (AvgIpc) is 3.00. The lowest BCUT2D eigenvalue weighted by atomic mass is 10.1. The average molecular weight is 379 g/mol. The van der Waals surface area contributed by atoms with Gasteiger partial charge in [-0.15, -0.1) is 0 Å². The summed E-state index contributed by atoms with van der Waals surface area (Å²) in [6.07, 6.45) is 1.61. The van der Waals surface area contributed by atoms with Crippen LogP contribution in [0.25, 0.3) is 5.69 Å². The van der Waals surface area contributed by atoms with Crippen LogP contribution in [0.15, 0.2) is 23.3 Å². The Bertz CT molecular complexity index is 1030. The van der Waals surface area contributed by atoms with Gasteiger partial charge in [0.2, 0.25) is 9.54 Å². The molecule has 2 heterocycles. The number of aromatic amines is 2. The van der Waals surface area contributed by atoms with E-state index in [1.807, 2.05) is 32.9 Å². The molecule has 3 aromatic rings. The van der Waals surface area contributed by atoms with Gasteiger partial charge in [-0.1, -0.05) is 23.7 Å². The second-order valence-electron chi connectivity index (χ2n) is 5.41. The van der Waals surface area contributed by atoms with Crippen LogP contribution in [0.5, 0.6) is 0 Å². The van der Waals surface area contributed by atoms with Gasteiger partial charge in [0.15, 0.2) is 0 Å². The van der Waals surface area contributed by atoms with Crippen LogP contribution in [0, 0.1) is 30.3 Å². The number of nitrogens with one attached hydrogen (secondary N) is 2. The van der Waals surface area contributed by atoms with Crippen LogP contribution in [0.3, 0.4) is 0 Å². The van der Waals surface area contributed by atoms with Crippen LogP contribution in [0.4, 0.5) is 0 Å². The van der Waals surface area contributed by atoms with Crippen LogP contribution in [-0.2, 0) is 0 Å². The molecule has 0 amide bonds. The van der Waals surface area contributed by atoms with Crippen LogP contribution < -0.4 is 0 Å². The number of benzene rings is 1. The van der Waals surface area contributed by atoms with E-state index < -0.39 is 0 Å². The minimum atomic E-state index is 0.381. The van der Waals surface area contributed by atoms with E-state index in [9.17, 15) is 0 Å². The first-order valence-corrected chi connectivity index (χ1v) is 8.34. The largest absolute Gasteiger partial charge is 0.273 e. The molecule has 6 nitrogen and oxygen atoms in total. The smallest absolute Gasteiger partial charge is 0.215 e. The zero-order chi connectivity index (χ0) is 17.4. The summed E-state index contributed by atoms with van der Waals surface area (Å²) in [5.41, 5.74) is 4.65. The quantitative estimate of drug-likeness (QED) is 0.529. The van der Waals surface area contributed by atoms with E-state index in [2.05, 4.69) is 26.5 Å². The fraction of sp³-hybridized carbons (Fsp3) is 0.200. The zero-order valence-corrected chi connectivity index (χ0v) is 15.7. The topological polar surface area (TPSA) is 66.7 Å². The molecule has 0 saturated heterocycles. The van der Waals surface area contributed by atoms with Gasteiger partial charge < -0.3 is 0 Å². The van der Waals surface area contributed by atoms with E-state index >= 15 is 0 Å². The fourth-order valence-electron chi connectivity index (χ4n) is 2.29. The summed E-state index contributed by atoms with van der Waals surface area (Å²) in [5.74, 6) is 0. The maximum absolute atomic E-state index is 6.54. The molecule has 0 aliphatic heterocycles. The molecule has 0 aliphatic rings. The highest BCUT2D eigenvalue weighted by molar-refractivity contribution is 7.72. The Kier molecular flexibility index (Phi) is 4.53. The van der Waals surface area contributed by atoms with Crippen molar-refractivity contribution in [2.75, 3.05) is 0 Å². The maximum atomic E-state index is 6.54. The Balaban J connectivity index is 2.09. The van der Waals surface area contributed by atoms with Gasteiger partial charge in [0.05, 0.1) is 23.2 Å². The number of halogens is 1. The van der Waals surface area contributed by atoms with Crippen molar-refractivity contribution in [1.29, 1.82) is 0 Å². The van der Waals surface area contributed by atoms with Crippen molar-refractivity contribution >= 4 is 42.3 Å². The number of hydrogen-bond donors (Lipinski definition) is 2. The summed E-state index contributed by atoms with van der Waals surface area (Å²) in [5, 5.41) is 14.8. The first-order chi connectivity index (χ1) is 11.4. The summed E-state index contributed by atoms with van der Waals surface area (Å²) in [4.78, 5) is 0. The Morgan fingerprint density at radius 1 is 1.17 bits per heavy atom. The molecule has 0 aliphatic carbocycles. The molecule has 9 heteroatoms. The summed E-state index contributed by atoms with van der Waals surface area (Å²) >= 11 is 16.8. The third-order valence-electron chi connectivity index (χ3n) is 3.60. The Labute approximate surface area is 153 Å². The molecule has 0 bridgehead atoms. The minimum Gasteiger partial charge on any atom is -0.273 e. The highest BCUT2D eigenvalue weighted by Gasteiger charge is 2.15. The predicted octanol–water partition coefficient (Wildman–Crippen LogP) is 4.25. The predicted molar refractivity (Wildman–Crippen MR) is 101 cm³/mol.